The lowest BCUT2D eigenvalue weighted by Gasteiger charge is -2.15. The minimum absolute atomic E-state index is 0.616. The Hall–Kier alpha value is -8.21. The molecule has 0 saturated carbocycles. The molecule has 4 nitrogen and oxygen atoms in total. The Labute approximate surface area is 352 Å². The van der Waals surface area contributed by atoms with E-state index in [0.717, 1.165) is 50.1 Å². The molecule has 2 aromatic heterocycles. The van der Waals surface area contributed by atoms with Crippen molar-refractivity contribution in [1.82, 2.24) is 19.5 Å². The fourth-order valence-electron chi connectivity index (χ4n) is 9.18. The van der Waals surface area contributed by atoms with Gasteiger partial charge in [0.15, 0.2) is 17.5 Å². The Bertz CT molecular complexity index is 3630. The van der Waals surface area contributed by atoms with Crippen molar-refractivity contribution in [2.45, 2.75) is 0 Å². The van der Waals surface area contributed by atoms with Crippen LogP contribution < -0.4 is 0 Å². The quantitative estimate of drug-likeness (QED) is 0.125. The summed E-state index contributed by atoms with van der Waals surface area (Å²) >= 11 is 0. The largest absolute Gasteiger partial charge is 0.309 e. The minimum Gasteiger partial charge on any atom is -0.309 e. The molecule has 0 unspecified atom stereocenters. The van der Waals surface area contributed by atoms with E-state index in [4.69, 9.17) is 15.0 Å². The van der Waals surface area contributed by atoms with Gasteiger partial charge in [-0.1, -0.05) is 188 Å². The zero-order valence-corrected chi connectivity index (χ0v) is 33.1. The van der Waals surface area contributed by atoms with Gasteiger partial charge in [0.25, 0.3) is 0 Å². The van der Waals surface area contributed by atoms with Gasteiger partial charge in [-0.3, -0.25) is 0 Å². The third kappa shape index (κ3) is 5.88. The molecule has 0 radical (unpaired) electrons. The normalized spacial score (nSPS) is 11.6. The van der Waals surface area contributed by atoms with Gasteiger partial charge in [0.2, 0.25) is 0 Å². The van der Waals surface area contributed by atoms with Gasteiger partial charge >= 0.3 is 0 Å². The molecule has 0 fully saturated rings. The van der Waals surface area contributed by atoms with Crippen LogP contribution in [-0.4, -0.2) is 19.5 Å². The second-order valence-electron chi connectivity index (χ2n) is 15.6. The summed E-state index contributed by atoms with van der Waals surface area (Å²) < 4.78 is 2.33. The molecule has 2 heterocycles. The van der Waals surface area contributed by atoms with Crippen LogP contribution in [0, 0.1) is 0 Å². The van der Waals surface area contributed by atoms with Crippen molar-refractivity contribution in [3.05, 3.63) is 218 Å². The van der Waals surface area contributed by atoms with Gasteiger partial charge in [-0.25, -0.2) is 15.0 Å². The first kappa shape index (κ1) is 34.8. The number of benzene rings is 10. The van der Waals surface area contributed by atoms with Crippen molar-refractivity contribution >= 4 is 54.1 Å². The monoisotopic (exact) mass is 776 g/mol. The molecule has 0 atom stereocenters. The molecule has 0 bridgehead atoms. The smallest absolute Gasteiger partial charge is 0.164 e. The molecule has 10 aromatic carbocycles. The summed E-state index contributed by atoms with van der Waals surface area (Å²) in [7, 11) is 0. The summed E-state index contributed by atoms with van der Waals surface area (Å²) in [5.41, 5.74) is 10.7. The lowest BCUT2D eigenvalue weighted by molar-refractivity contribution is 1.07. The summed E-state index contributed by atoms with van der Waals surface area (Å²) in [6, 6.07) is 77.5. The third-order valence-electron chi connectivity index (χ3n) is 12.0. The second-order valence-corrected chi connectivity index (χ2v) is 15.6. The van der Waals surface area contributed by atoms with Crippen LogP contribution >= 0.6 is 0 Å². The van der Waals surface area contributed by atoms with Crippen molar-refractivity contribution in [3.8, 4) is 62.1 Å². The van der Waals surface area contributed by atoms with Crippen LogP contribution in [0.4, 0.5) is 0 Å². The first-order valence-corrected chi connectivity index (χ1v) is 20.7. The van der Waals surface area contributed by atoms with E-state index >= 15 is 0 Å². The maximum absolute atomic E-state index is 5.28. The number of hydrogen-bond acceptors (Lipinski definition) is 3. The average Bonchev–Trinajstić information content (AvgIpc) is 3.67. The van der Waals surface area contributed by atoms with E-state index in [-0.39, 0.29) is 0 Å². The predicted molar refractivity (Wildman–Crippen MR) is 254 cm³/mol. The zero-order chi connectivity index (χ0) is 40.3. The van der Waals surface area contributed by atoms with Crippen LogP contribution in [0.5, 0.6) is 0 Å². The summed E-state index contributed by atoms with van der Waals surface area (Å²) in [6.07, 6.45) is 0. The Balaban J connectivity index is 1.05. The maximum atomic E-state index is 5.28. The third-order valence-corrected chi connectivity index (χ3v) is 12.0. The van der Waals surface area contributed by atoms with Gasteiger partial charge in [0.05, 0.1) is 11.0 Å². The van der Waals surface area contributed by atoms with E-state index in [1.54, 1.807) is 0 Å². The van der Waals surface area contributed by atoms with E-state index in [2.05, 4.69) is 217 Å². The van der Waals surface area contributed by atoms with Crippen molar-refractivity contribution in [3.63, 3.8) is 0 Å². The second kappa shape index (κ2) is 14.3. The average molecular weight is 777 g/mol. The fourth-order valence-corrected chi connectivity index (χ4v) is 9.18. The van der Waals surface area contributed by atoms with Crippen molar-refractivity contribution in [1.29, 1.82) is 0 Å². The standard InChI is InChI=1S/C57H36N4/c1-3-15-37(16-4-1)44-21-11-12-25-50(44)57-59-55(58-56(60-57)42-32-33-48-47-24-13-14-26-52(47)61(53(48)36-42)43-19-5-2-6-20-43)40-29-27-39(28-30-40)54-46-23-10-8-18-41(46)35-51-45-22-9-7-17-38(45)31-34-49(51)54/h1-36H. The molecule has 61 heavy (non-hydrogen) atoms. The Morgan fingerprint density at radius 3 is 1.64 bits per heavy atom. The molecule has 0 saturated heterocycles. The van der Waals surface area contributed by atoms with Gasteiger partial charge in [0.1, 0.15) is 0 Å². The number of hydrogen-bond donors (Lipinski definition) is 0. The van der Waals surface area contributed by atoms with Crippen LogP contribution in [0.3, 0.4) is 0 Å². The van der Waals surface area contributed by atoms with Crippen LogP contribution in [0.2, 0.25) is 0 Å². The Morgan fingerprint density at radius 1 is 0.279 bits per heavy atom. The van der Waals surface area contributed by atoms with E-state index in [1.807, 2.05) is 6.07 Å². The molecule has 0 aliphatic rings. The summed E-state index contributed by atoms with van der Waals surface area (Å²) in [5.74, 6) is 1.86. The number of aromatic nitrogens is 4. The number of para-hydroxylation sites is 2. The molecule has 0 spiro atoms. The highest BCUT2D eigenvalue weighted by atomic mass is 15.0. The minimum atomic E-state index is 0.616. The van der Waals surface area contributed by atoms with Crippen LogP contribution in [0.15, 0.2) is 218 Å². The molecule has 12 aromatic rings. The Kier molecular flexibility index (Phi) is 8.13. The predicted octanol–water partition coefficient (Wildman–Crippen LogP) is 14.8. The SMILES string of the molecule is c1ccc(-c2ccccc2-c2nc(-c3ccc(-c4c5ccccc5cc5c4ccc4ccccc45)cc3)nc(-c3ccc4c5ccccc5n(-c5ccccc5)c4c3)n2)cc1. The van der Waals surface area contributed by atoms with E-state index in [1.165, 1.54) is 48.7 Å². The molecular formula is C57H36N4. The molecule has 4 heteroatoms. The van der Waals surface area contributed by atoms with E-state index < -0.39 is 0 Å². The van der Waals surface area contributed by atoms with Gasteiger partial charge in [-0.15, -0.1) is 0 Å². The first-order chi connectivity index (χ1) is 30.2. The van der Waals surface area contributed by atoms with Gasteiger partial charge in [-0.2, -0.15) is 0 Å². The summed E-state index contributed by atoms with van der Waals surface area (Å²) in [4.78, 5) is 15.8. The summed E-state index contributed by atoms with van der Waals surface area (Å²) in [6.45, 7) is 0. The Morgan fingerprint density at radius 2 is 0.836 bits per heavy atom. The van der Waals surface area contributed by atoms with Crippen molar-refractivity contribution < 1.29 is 0 Å². The molecule has 12 rings (SSSR count). The number of rotatable bonds is 6. The molecule has 0 N–H and O–H groups in total. The summed E-state index contributed by atoms with van der Waals surface area (Å²) in [5, 5.41) is 9.81. The van der Waals surface area contributed by atoms with Crippen molar-refractivity contribution in [2.24, 2.45) is 0 Å². The van der Waals surface area contributed by atoms with Gasteiger partial charge in [-0.05, 0) is 84.9 Å². The van der Waals surface area contributed by atoms with Gasteiger partial charge in [0, 0.05) is 33.2 Å². The zero-order valence-electron chi connectivity index (χ0n) is 33.1. The molecular weight excluding hydrogens is 741 g/mol. The topological polar surface area (TPSA) is 43.6 Å². The highest BCUT2D eigenvalue weighted by molar-refractivity contribution is 6.20. The van der Waals surface area contributed by atoms with E-state index in [9.17, 15) is 0 Å². The van der Waals surface area contributed by atoms with Crippen LogP contribution in [0.25, 0.3) is 116 Å². The number of fused-ring (bicyclic) bond motifs is 7. The van der Waals surface area contributed by atoms with Crippen LogP contribution in [0.1, 0.15) is 0 Å². The fraction of sp³-hybridized carbons (Fsp3) is 0. The van der Waals surface area contributed by atoms with Crippen LogP contribution in [-0.2, 0) is 0 Å². The van der Waals surface area contributed by atoms with E-state index in [0.29, 0.717) is 17.5 Å². The maximum Gasteiger partial charge on any atom is 0.164 e. The molecule has 0 amide bonds. The molecule has 284 valence electrons. The van der Waals surface area contributed by atoms with Gasteiger partial charge < -0.3 is 4.57 Å². The van der Waals surface area contributed by atoms with Crippen molar-refractivity contribution in [2.75, 3.05) is 0 Å². The highest BCUT2D eigenvalue weighted by Crippen LogP contribution is 2.41. The lowest BCUT2D eigenvalue weighted by atomic mass is 9.89. The molecule has 0 aliphatic carbocycles. The molecule has 0 aliphatic heterocycles. The lowest BCUT2D eigenvalue weighted by Crippen LogP contribution is -2.01. The number of nitrogens with zero attached hydrogens (tertiary/aromatic N) is 4. The first-order valence-electron chi connectivity index (χ1n) is 20.7. The highest BCUT2D eigenvalue weighted by Gasteiger charge is 2.19.